The molecule has 198 valence electrons. The molecule has 0 aliphatic carbocycles. The molecule has 9 nitrogen and oxygen atoms in total. The first-order valence-electron chi connectivity index (χ1n) is 12.3. The molecular weight excluding hydrogens is 486 g/mol. The van der Waals surface area contributed by atoms with Gasteiger partial charge in [0.2, 0.25) is 0 Å². The minimum Gasteiger partial charge on any atom is -0.495 e. The van der Waals surface area contributed by atoms with Crippen molar-refractivity contribution < 1.29 is 28.7 Å². The number of nitrogens with zero attached hydrogens (tertiary/aromatic N) is 1. The molecule has 4 rings (SSSR count). The number of urea groups is 1. The minimum atomic E-state index is -0.408. The van der Waals surface area contributed by atoms with Gasteiger partial charge >= 0.3 is 12.0 Å². The van der Waals surface area contributed by atoms with Crippen molar-refractivity contribution in [2.45, 2.75) is 19.8 Å². The molecule has 0 unspecified atom stereocenters. The van der Waals surface area contributed by atoms with Crippen LogP contribution in [0.5, 0.6) is 11.5 Å². The summed E-state index contributed by atoms with van der Waals surface area (Å²) in [5.74, 6) is 0.603. The largest absolute Gasteiger partial charge is 0.495 e. The number of benzene rings is 3. The average Bonchev–Trinajstić information content (AvgIpc) is 3.39. The van der Waals surface area contributed by atoms with Crippen LogP contribution in [0.3, 0.4) is 0 Å². The maximum atomic E-state index is 13.0. The number of hydrogen-bond acceptors (Lipinski definition) is 7. The SMILES string of the molecule is COC(=O)c1ccc(ON2CC[C@@H](C(=O)Cc3ccc(NC(=O)Nc4ccccc4C)c(OC)c3)C2)cc1. The number of ether oxygens (including phenoxy) is 2. The maximum Gasteiger partial charge on any atom is 0.337 e. The van der Waals surface area contributed by atoms with Crippen molar-refractivity contribution in [3.05, 3.63) is 83.4 Å². The quantitative estimate of drug-likeness (QED) is 0.391. The van der Waals surface area contributed by atoms with Crippen molar-refractivity contribution >= 4 is 29.2 Å². The van der Waals surface area contributed by atoms with Crippen molar-refractivity contribution in [1.82, 2.24) is 5.06 Å². The molecule has 1 aliphatic rings. The van der Waals surface area contributed by atoms with E-state index in [9.17, 15) is 14.4 Å². The monoisotopic (exact) mass is 517 g/mol. The zero-order chi connectivity index (χ0) is 27.1. The standard InChI is InChI=1S/C29H31N3O6/c1-19-6-4-5-7-24(19)30-29(35)31-25-13-8-20(17-27(25)36-2)16-26(33)22-14-15-32(18-22)38-23-11-9-21(10-12-23)28(34)37-3/h4-13,17,22H,14-16,18H2,1-3H3,(H2,30,31,35)/t22-/m1/s1. The molecule has 3 aromatic carbocycles. The number of hydrogen-bond donors (Lipinski definition) is 2. The molecule has 0 saturated carbocycles. The lowest BCUT2D eigenvalue weighted by atomic mass is 9.97. The molecule has 9 heteroatoms. The van der Waals surface area contributed by atoms with Crippen molar-refractivity contribution in [1.29, 1.82) is 0 Å². The van der Waals surface area contributed by atoms with Crippen LogP contribution >= 0.6 is 0 Å². The fraction of sp³-hybridized carbons (Fsp3) is 0.276. The van der Waals surface area contributed by atoms with Gasteiger partial charge in [0.25, 0.3) is 0 Å². The third-order valence-electron chi connectivity index (χ3n) is 6.40. The predicted octanol–water partition coefficient (Wildman–Crippen LogP) is 4.86. The first-order chi connectivity index (χ1) is 18.4. The van der Waals surface area contributed by atoms with E-state index in [0.717, 1.165) is 16.8 Å². The van der Waals surface area contributed by atoms with Crippen LogP contribution in [0.15, 0.2) is 66.7 Å². The highest BCUT2D eigenvalue weighted by molar-refractivity contribution is 6.01. The fourth-order valence-electron chi connectivity index (χ4n) is 4.28. The number of carbonyl (C=O) groups excluding carboxylic acids is 3. The van der Waals surface area contributed by atoms with Gasteiger partial charge in [-0.3, -0.25) is 4.79 Å². The molecule has 0 bridgehead atoms. The number of anilines is 2. The molecule has 0 spiro atoms. The summed E-state index contributed by atoms with van der Waals surface area (Å²) in [6, 6.07) is 19.1. The van der Waals surface area contributed by atoms with Crippen molar-refractivity contribution in [3.8, 4) is 11.5 Å². The molecule has 1 aliphatic heterocycles. The van der Waals surface area contributed by atoms with Gasteiger partial charge in [-0.1, -0.05) is 24.3 Å². The smallest absolute Gasteiger partial charge is 0.337 e. The zero-order valence-corrected chi connectivity index (χ0v) is 21.7. The number of aryl methyl sites for hydroxylation is 1. The third-order valence-corrected chi connectivity index (χ3v) is 6.40. The first kappa shape index (κ1) is 26.7. The fourth-order valence-corrected chi connectivity index (χ4v) is 4.28. The molecule has 2 N–H and O–H groups in total. The second-order valence-corrected chi connectivity index (χ2v) is 9.05. The Morgan fingerprint density at radius 2 is 1.68 bits per heavy atom. The highest BCUT2D eigenvalue weighted by Gasteiger charge is 2.29. The molecular formula is C29H31N3O6. The lowest BCUT2D eigenvalue weighted by Crippen LogP contribution is -2.27. The normalized spacial score (nSPS) is 15.0. The van der Waals surface area contributed by atoms with E-state index < -0.39 is 5.97 Å². The van der Waals surface area contributed by atoms with Gasteiger partial charge in [0.1, 0.15) is 17.3 Å². The van der Waals surface area contributed by atoms with Crippen LogP contribution < -0.4 is 20.2 Å². The molecule has 0 aromatic heterocycles. The van der Waals surface area contributed by atoms with Crippen molar-refractivity contribution in [2.24, 2.45) is 5.92 Å². The molecule has 1 heterocycles. The Hall–Kier alpha value is -4.37. The summed E-state index contributed by atoms with van der Waals surface area (Å²) in [6.07, 6.45) is 0.938. The highest BCUT2D eigenvalue weighted by atomic mass is 16.7. The Morgan fingerprint density at radius 1 is 0.947 bits per heavy atom. The van der Waals surface area contributed by atoms with Gasteiger partial charge in [-0.25, -0.2) is 9.59 Å². The van der Waals surface area contributed by atoms with Crippen LogP contribution in [0.1, 0.15) is 27.9 Å². The first-order valence-corrected chi connectivity index (χ1v) is 12.3. The lowest BCUT2D eigenvalue weighted by molar-refractivity contribution is -0.123. The van der Waals surface area contributed by atoms with Gasteiger partial charge < -0.3 is 24.9 Å². The summed E-state index contributed by atoms with van der Waals surface area (Å²) in [6.45, 7) is 3.02. The second kappa shape index (κ2) is 12.2. The van der Waals surface area contributed by atoms with Gasteiger partial charge in [0.05, 0.1) is 25.5 Å². The molecule has 38 heavy (non-hydrogen) atoms. The summed E-state index contributed by atoms with van der Waals surface area (Å²) in [5.41, 5.74) is 3.43. The van der Waals surface area contributed by atoms with Crippen molar-refractivity contribution in [2.75, 3.05) is 37.9 Å². The van der Waals surface area contributed by atoms with E-state index in [4.69, 9.17) is 14.3 Å². The predicted molar refractivity (Wildman–Crippen MR) is 144 cm³/mol. The summed E-state index contributed by atoms with van der Waals surface area (Å²) in [7, 11) is 2.86. The van der Waals surface area contributed by atoms with Crippen LogP contribution in [0.2, 0.25) is 0 Å². The van der Waals surface area contributed by atoms with Gasteiger partial charge in [-0.15, -0.1) is 5.06 Å². The molecule has 1 saturated heterocycles. The molecule has 2 amide bonds. The van der Waals surface area contributed by atoms with E-state index in [1.54, 1.807) is 41.5 Å². The van der Waals surface area contributed by atoms with E-state index >= 15 is 0 Å². The minimum absolute atomic E-state index is 0.109. The molecule has 3 aromatic rings. The third kappa shape index (κ3) is 6.68. The Bertz CT molecular complexity index is 1310. The number of carbonyl (C=O) groups is 3. The summed E-state index contributed by atoms with van der Waals surface area (Å²) in [5, 5.41) is 7.40. The molecule has 1 fully saturated rings. The van der Waals surface area contributed by atoms with Crippen LogP contribution in [0.25, 0.3) is 0 Å². The van der Waals surface area contributed by atoms with Crippen LogP contribution in [0.4, 0.5) is 16.2 Å². The number of para-hydroxylation sites is 1. The number of esters is 1. The van der Waals surface area contributed by atoms with Crippen molar-refractivity contribution in [3.63, 3.8) is 0 Å². The van der Waals surface area contributed by atoms with E-state index in [0.29, 0.717) is 42.3 Å². The van der Waals surface area contributed by atoms with E-state index in [-0.39, 0.29) is 24.2 Å². The Balaban J connectivity index is 1.31. The number of hydroxylamine groups is 2. The Morgan fingerprint density at radius 3 is 2.39 bits per heavy atom. The van der Waals surface area contributed by atoms with Gasteiger partial charge in [0, 0.05) is 31.1 Å². The molecule has 1 atom stereocenters. The Labute approximate surface area is 221 Å². The number of nitrogens with one attached hydrogen (secondary N) is 2. The maximum absolute atomic E-state index is 13.0. The zero-order valence-electron chi connectivity index (χ0n) is 21.7. The Kier molecular flexibility index (Phi) is 8.60. The summed E-state index contributed by atoms with van der Waals surface area (Å²) >= 11 is 0. The number of ketones is 1. The summed E-state index contributed by atoms with van der Waals surface area (Å²) < 4.78 is 10.2. The van der Waals surface area contributed by atoms with Gasteiger partial charge in [-0.05, 0) is 66.9 Å². The number of Topliss-reactive ketones (excluding diaryl/α,β-unsaturated/α-hetero) is 1. The highest BCUT2D eigenvalue weighted by Crippen LogP contribution is 2.28. The van der Waals surface area contributed by atoms with Gasteiger partial charge in [0.15, 0.2) is 0 Å². The number of rotatable bonds is 9. The van der Waals surface area contributed by atoms with Gasteiger partial charge in [-0.2, -0.15) is 0 Å². The van der Waals surface area contributed by atoms with E-state index in [2.05, 4.69) is 10.6 Å². The van der Waals surface area contributed by atoms with E-state index in [1.165, 1.54) is 14.2 Å². The van der Waals surface area contributed by atoms with Crippen LogP contribution in [-0.2, 0) is 16.0 Å². The average molecular weight is 518 g/mol. The van der Waals surface area contributed by atoms with Crippen LogP contribution in [-0.4, -0.2) is 50.2 Å². The second-order valence-electron chi connectivity index (χ2n) is 9.05. The topological polar surface area (TPSA) is 106 Å². The lowest BCUT2D eigenvalue weighted by Gasteiger charge is -2.17. The summed E-state index contributed by atoms with van der Waals surface area (Å²) in [4.78, 5) is 43.0. The van der Waals surface area contributed by atoms with Crippen LogP contribution in [0, 0.1) is 12.8 Å². The van der Waals surface area contributed by atoms with E-state index in [1.807, 2.05) is 37.3 Å². The molecule has 0 radical (unpaired) electrons. The number of amides is 2. The number of methoxy groups -OCH3 is 2.